The molecule has 0 N–H and O–H groups in total. The summed E-state index contributed by atoms with van der Waals surface area (Å²) in [6.45, 7) is 0. The van der Waals surface area contributed by atoms with E-state index in [0.29, 0.717) is 0 Å². The van der Waals surface area contributed by atoms with Gasteiger partial charge in [-0.15, -0.1) is 0 Å². The predicted octanol–water partition coefficient (Wildman–Crippen LogP) is 11.1. The zero-order valence-corrected chi connectivity index (χ0v) is 21.5. The molecule has 186 valence electrons. The highest BCUT2D eigenvalue weighted by atomic mass is 16.3. The van der Waals surface area contributed by atoms with E-state index in [9.17, 15) is 0 Å². The molecule has 9 rings (SSSR count). The molecule has 0 aliphatic carbocycles. The minimum Gasteiger partial charge on any atom is -0.464 e. The van der Waals surface area contributed by atoms with Gasteiger partial charge < -0.3 is 8.83 Å². The summed E-state index contributed by atoms with van der Waals surface area (Å²) in [7, 11) is 0. The van der Waals surface area contributed by atoms with Crippen molar-refractivity contribution >= 4 is 65.2 Å². The quantitative estimate of drug-likeness (QED) is 0.216. The summed E-state index contributed by atoms with van der Waals surface area (Å²) in [6.07, 6.45) is 1.94. The molecule has 0 unspecified atom stereocenters. The Kier molecular flexibility index (Phi) is 4.36. The van der Waals surface area contributed by atoms with Crippen LogP contribution >= 0.6 is 0 Å². The molecule has 0 saturated carbocycles. The molecule has 40 heavy (non-hydrogen) atoms. The second kappa shape index (κ2) is 8.08. The average molecular weight is 511 g/mol. The molecule has 0 amide bonds. The minimum absolute atomic E-state index is 0.903. The number of fused-ring (bicyclic) bond motifs is 8. The molecule has 0 spiro atoms. The summed E-state index contributed by atoms with van der Waals surface area (Å²) in [6, 6.07) is 45.1. The lowest BCUT2D eigenvalue weighted by Gasteiger charge is -2.18. The normalized spacial score (nSPS) is 12.0. The first-order chi connectivity index (χ1) is 19.9. The van der Waals surface area contributed by atoms with Crippen molar-refractivity contribution < 1.29 is 8.83 Å². The van der Waals surface area contributed by atoms with Gasteiger partial charge in [0.15, 0.2) is 0 Å². The molecular weight excluding hydrogens is 488 g/mol. The van der Waals surface area contributed by atoms with Gasteiger partial charge in [0.1, 0.15) is 16.7 Å². The van der Waals surface area contributed by atoms with Crippen LogP contribution < -0.4 is 0 Å². The van der Waals surface area contributed by atoms with Crippen LogP contribution in [-0.4, -0.2) is 0 Å². The van der Waals surface area contributed by atoms with E-state index in [4.69, 9.17) is 8.83 Å². The van der Waals surface area contributed by atoms with Crippen molar-refractivity contribution in [2.45, 2.75) is 0 Å². The lowest BCUT2D eigenvalue weighted by molar-refractivity contribution is 0.617. The zero-order chi connectivity index (χ0) is 26.2. The largest absolute Gasteiger partial charge is 0.464 e. The summed E-state index contributed by atoms with van der Waals surface area (Å²) < 4.78 is 12.5. The highest BCUT2D eigenvalue weighted by Crippen LogP contribution is 2.48. The van der Waals surface area contributed by atoms with Crippen LogP contribution in [0.1, 0.15) is 0 Å². The SMILES string of the molecule is c1ccc2c(c1)ccc1occ(-c3c4ccccc4c(-c4cccc5oc6ccccc6c45)c4ccccc34)c12. The topological polar surface area (TPSA) is 26.3 Å². The zero-order valence-electron chi connectivity index (χ0n) is 21.5. The van der Waals surface area contributed by atoms with Crippen molar-refractivity contribution in [3.8, 4) is 22.3 Å². The van der Waals surface area contributed by atoms with Crippen LogP contribution in [0.3, 0.4) is 0 Å². The van der Waals surface area contributed by atoms with Crippen LogP contribution in [0.5, 0.6) is 0 Å². The number of hydrogen-bond donors (Lipinski definition) is 0. The molecule has 7 aromatic carbocycles. The van der Waals surface area contributed by atoms with Gasteiger partial charge in [-0.2, -0.15) is 0 Å². The van der Waals surface area contributed by atoms with Crippen LogP contribution in [0, 0.1) is 0 Å². The summed E-state index contributed by atoms with van der Waals surface area (Å²) in [4.78, 5) is 0. The van der Waals surface area contributed by atoms with Gasteiger partial charge >= 0.3 is 0 Å². The van der Waals surface area contributed by atoms with E-state index in [-0.39, 0.29) is 0 Å². The number of furan rings is 2. The third kappa shape index (κ3) is 2.88. The third-order valence-electron chi connectivity index (χ3n) is 8.34. The maximum atomic E-state index is 6.30. The Morgan fingerprint density at radius 1 is 0.350 bits per heavy atom. The first-order valence-electron chi connectivity index (χ1n) is 13.6. The third-order valence-corrected chi connectivity index (χ3v) is 8.34. The molecule has 0 bridgehead atoms. The van der Waals surface area contributed by atoms with Gasteiger partial charge in [-0.3, -0.25) is 0 Å². The summed E-state index contributed by atoms with van der Waals surface area (Å²) in [5.74, 6) is 0. The van der Waals surface area contributed by atoms with Crippen molar-refractivity contribution in [3.05, 3.63) is 134 Å². The molecule has 2 aromatic heterocycles. The van der Waals surface area contributed by atoms with Gasteiger partial charge in [0, 0.05) is 27.3 Å². The van der Waals surface area contributed by atoms with Crippen molar-refractivity contribution in [3.63, 3.8) is 0 Å². The fourth-order valence-corrected chi connectivity index (χ4v) is 6.68. The summed E-state index contributed by atoms with van der Waals surface area (Å²) in [5.41, 5.74) is 7.45. The Balaban J connectivity index is 1.48. The molecule has 0 atom stereocenters. The minimum atomic E-state index is 0.903. The molecule has 2 heteroatoms. The summed E-state index contributed by atoms with van der Waals surface area (Å²) >= 11 is 0. The highest BCUT2D eigenvalue weighted by Gasteiger charge is 2.22. The molecule has 0 aliphatic rings. The number of benzene rings is 7. The van der Waals surface area contributed by atoms with Gasteiger partial charge in [-0.05, 0) is 61.6 Å². The lowest BCUT2D eigenvalue weighted by atomic mass is 9.84. The smallest absolute Gasteiger partial charge is 0.136 e. The van der Waals surface area contributed by atoms with E-state index >= 15 is 0 Å². The van der Waals surface area contributed by atoms with E-state index in [1.807, 2.05) is 18.4 Å². The van der Waals surface area contributed by atoms with Gasteiger partial charge in [0.05, 0.1) is 6.26 Å². The van der Waals surface area contributed by atoms with Crippen LogP contribution in [0.2, 0.25) is 0 Å². The fraction of sp³-hybridized carbons (Fsp3) is 0. The van der Waals surface area contributed by atoms with E-state index in [1.165, 1.54) is 49.0 Å². The number of para-hydroxylation sites is 1. The van der Waals surface area contributed by atoms with Crippen molar-refractivity contribution in [2.75, 3.05) is 0 Å². The first-order valence-corrected chi connectivity index (χ1v) is 13.6. The second-order valence-electron chi connectivity index (χ2n) is 10.4. The van der Waals surface area contributed by atoms with E-state index in [2.05, 4.69) is 115 Å². The molecular formula is C38H22O2. The Hall–Kier alpha value is -5.34. The molecule has 0 saturated heterocycles. The van der Waals surface area contributed by atoms with Gasteiger partial charge in [-0.1, -0.05) is 109 Å². The monoisotopic (exact) mass is 510 g/mol. The van der Waals surface area contributed by atoms with Crippen LogP contribution in [0.15, 0.2) is 142 Å². The van der Waals surface area contributed by atoms with Crippen LogP contribution in [-0.2, 0) is 0 Å². The summed E-state index contributed by atoms with van der Waals surface area (Å²) in [5, 5.41) is 10.7. The second-order valence-corrected chi connectivity index (χ2v) is 10.4. The van der Waals surface area contributed by atoms with Crippen molar-refractivity contribution in [1.29, 1.82) is 0 Å². The van der Waals surface area contributed by atoms with Crippen molar-refractivity contribution in [1.82, 2.24) is 0 Å². The Morgan fingerprint density at radius 2 is 0.900 bits per heavy atom. The number of rotatable bonds is 2. The van der Waals surface area contributed by atoms with E-state index in [0.717, 1.165) is 38.5 Å². The molecule has 0 aliphatic heterocycles. The highest BCUT2D eigenvalue weighted by molar-refractivity contribution is 6.28. The van der Waals surface area contributed by atoms with Crippen LogP contribution in [0.4, 0.5) is 0 Å². The first kappa shape index (κ1) is 21.6. The predicted molar refractivity (Wildman–Crippen MR) is 167 cm³/mol. The molecule has 0 radical (unpaired) electrons. The maximum Gasteiger partial charge on any atom is 0.136 e. The number of hydrogen-bond acceptors (Lipinski definition) is 2. The Bertz CT molecular complexity index is 2380. The fourth-order valence-electron chi connectivity index (χ4n) is 6.68. The lowest BCUT2D eigenvalue weighted by Crippen LogP contribution is -1.91. The molecule has 2 heterocycles. The van der Waals surface area contributed by atoms with Gasteiger partial charge in [0.2, 0.25) is 0 Å². The Labute approximate surface area is 229 Å². The van der Waals surface area contributed by atoms with Gasteiger partial charge in [-0.25, -0.2) is 0 Å². The van der Waals surface area contributed by atoms with Crippen molar-refractivity contribution in [2.24, 2.45) is 0 Å². The van der Waals surface area contributed by atoms with Gasteiger partial charge in [0.25, 0.3) is 0 Å². The van der Waals surface area contributed by atoms with E-state index in [1.54, 1.807) is 0 Å². The average Bonchev–Trinajstić information content (AvgIpc) is 3.62. The standard InChI is InChI=1S/C38H22O2/c1-2-11-24-23(10-1)20-21-33-37(24)31(22-39-33)36-27-14-5-3-12-25(27)35(26-13-4-6-15-28(26)36)30-17-9-19-34-38(30)29-16-7-8-18-32(29)40-34/h1-22H. The molecule has 0 fully saturated rings. The molecule has 9 aromatic rings. The maximum absolute atomic E-state index is 6.30. The molecule has 2 nitrogen and oxygen atoms in total. The van der Waals surface area contributed by atoms with E-state index < -0.39 is 0 Å². The van der Waals surface area contributed by atoms with Crippen LogP contribution in [0.25, 0.3) is 87.5 Å². The Morgan fingerprint density at radius 3 is 1.62 bits per heavy atom.